The second-order valence-electron chi connectivity index (χ2n) is 9.36. The third-order valence-corrected chi connectivity index (χ3v) is 6.21. The first-order valence-corrected chi connectivity index (χ1v) is 12.4. The van der Waals surface area contributed by atoms with Gasteiger partial charge in [-0.05, 0) is 54.3 Å². The van der Waals surface area contributed by atoms with Crippen LogP contribution >= 0.6 is 0 Å². The maximum Gasteiger partial charge on any atom is 0.326 e. The van der Waals surface area contributed by atoms with Crippen LogP contribution in [0.25, 0.3) is 22.9 Å². The fourth-order valence-corrected chi connectivity index (χ4v) is 4.17. The monoisotopic (exact) mass is 542 g/mol. The highest BCUT2D eigenvalue weighted by Gasteiger charge is 2.26. The molecule has 4 aromatic rings. The molecule has 3 aromatic heterocycles. The van der Waals surface area contributed by atoms with Crippen LogP contribution in [-0.4, -0.2) is 48.5 Å². The van der Waals surface area contributed by atoms with Crippen LogP contribution in [-0.2, 0) is 16.1 Å². The minimum atomic E-state index is -0.601. The summed E-state index contributed by atoms with van der Waals surface area (Å²) >= 11 is 0. The molecule has 0 unspecified atom stereocenters. The highest BCUT2D eigenvalue weighted by Crippen LogP contribution is 2.28. The molecule has 6 rings (SSSR count). The maximum absolute atomic E-state index is 14.2. The minimum absolute atomic E-state index is 0.0822. The van der Waals surface area contributed by atoms with Crippen LogP contribution in [0, 0.1) is 5.82 Å². The molecule has 1 saturated heterocycles. The summed E-state index contributed by atoms with van der Waals surface area (Å²) < 4.78 is 15.8. The Kier molecular flexibility index (Phi) is 6.26. The Hall–Kier alpha value is -5.40. The van der Waals surface area contributed by atoms with Gasteiger partial charge in [-0.15, -0.1) is 0 Å². The summed E-state index contributed by atoms with van der Waals surface area (Å²) in [7, 11) is 0. The fraction of sp³-hybridized carbons (Fsp3) is 0.192. The molecule has 1 aliphatic carbocycles. The van der Waals surface area contributed by atoms with Gasteiger partial charge in [0, 0.05) is 36.8 Å². The van der Waals surface area contributed by atoms with Crippen molar-refractivity contribution in [3.63, 3.8) is 0 Å². The molecule has 5 N–H and O–H groups in total. The summed E-state index contributed by atoms with van der Waals surface area (Å²) in [5, 5.41) is 18.1. The SMILES string of the molecule is CC(=O)Nc1ccc(-c2cc(F)ccc2CNc2nc(NC3CC3)n3ncc(/C=C4\NC(=O)NC4=O)c3n2)cn1. The first-order valence-electron chi connectivity index (χ1n) is 12.4. The van der Waals surface area contributed by atoms with E-state index < -0.39 is 17.8 Å². The number of carbonyl (C=O) groups excluding carboxylic acids is 3. The fourth-order valence-electron chi connectivity index (χ4n) is 4.17. The van der Waals surface area contributed by atoms with Gasteiger partial charge in [-0.1, -0.05) is 6.07 Å². The first kappa shape index (κ1) is 24.9. The number of pyridine rings is 1. The first-order chi connectivity index (χ1) is 19.3. The van der Waals surface area contributed by atoms with Crippen molar-refractivity contribution in [1.82, 2.24) is 35.2 Å². The molecule has 14 heteroatoms. The predicted octanol–water partition coefficient (Wildman–Crippen LogP) is 2.65. The van der Waals surface area contributed by atoms with Gasteiger partial charge in [0.2, 0.25) is 17.8 Å². The van der Waals surface area contributed by atoms with Crippen LogP contribution in [0.3, 0.4) is 0 Å². The van der Waals surface area contributed by atoms with E-state index in [2.05, 4.69) is 46.6 Å². The Morgan fingerprint density at radius 1 is 1.15 bits per heavy atom. The van der Waals surface area contributed by atoms with Crippen LogP contribution in [0.4, 0.5) is 26.9 Å². The molecule has 40 heavy (non-hydrogen) atoms. The van der Waals surface area contributed by atoms with Crippen molar-refractivity contribution in [2.24, 2.45) is 0 Å². The number of imide groups is 1. The molecule has 1 aromatic carbocycles. The molecule has 2 aliphatic rings. The van der Waals surface area contributed by atoms with E-state index in [4.69, 9.17) is 0 Å². The van der Waals surface area contributed by atoms with Crippen molar-refractivity contribution < 1.29 is 18.8 Å². The lowest BCUT2D eigenvalue weighted by Crippen LogP contribution is -2.22. The van der Waals surface area contributed by atoms with Gasteiger partial charge in [0.05, 0.1) is 6.20 Å². The minimum Gasteiger partial charge on any atom is -0.351 e. The zero-order chi connectivity index (χ0) is 27.8. The third kappa shape index (κ3) is 5.27. The van der Waals surface area contributed by atoms with Crippen molar-refractivity contribution in [3.05, 3.63) is 65.4 Å². The van der Waals surface area contributed by atoms with E-state index in [0.717, 1.165) is 18.4 Å². The lowest BCUT2D eigenvalue weighted by molar-refractivity contribution is -0.116. The molecule has 13 nitrogen and oxygen atoms in total. The van der Waals surface area contributed by atoms with Crippen LogP contribution in [0.1, 0.15) is 30.9 Å². The molecule has 4 heterocycles. The number of hydrogen-bond acceptors (Lipinski definition) is 9. The van der Waals surface area contributed by atoms with Crippen molar-refractivity contribution in [2.75, 3.05) is 16.0 Å². The quantitative estimate of drug-likeness (QED) is 0.166. The van der Waals surface area contributed by atoms with E-state index in [1.54, 1.807) is 24.4 Å². The number of benzene rings is 1. The van der Waals surface area contributed by atoms with Crippen molar-refractivity contribution in [2.45, 2.75) is 32.4 Å². The summed E-state index contributed by atoms with van der Waals surface area (Å²) in [5.74, 6) is -0.0419. The summed E-state index contributed by atoms with van der Waals surface area (Å²) in [4.78, 5) is 48.3. The topological polar surface area (TPSA) is 167 Å². The zero-order valence-corrected chi connectivity index (χ0v) is 21.2. The molecule has 2 fully saturated rings. The van der Waals surface area contributed by atoms with Gasteiger partial charge in [-0.25, -0.2) is 14.2 Å². The second kappa shape index (κ2) is 10.1. The number of urea groups is 1. The molecule has 1 saturated carbocycles. The van der Waals surface area contributed by atoms with Crippen LogP contribution in [0.5, 0.6) is 0 Å². The Balaban J connectivity index is 1.31. The number of aromatic nitrogens is 5. The molecule has 0 spiro atoms. The smallest absolute Gasteiger partial charge is 0.326 e. The van der Waals surface area contributed by atoms with Crippen molar-refractivity contribution in [3.8, 4) is 11.1 Å². The van der Waals surface area contributed by atoms with E-state index >= 15 is 0 Å². The van der Waals surface area contributed by atoms with Crippen LogP contribution < -0.4 is 26.6 Å². The molecule has 1 aliphatic heterocycles. The second-order valence-corrected chi connectivity index (χ2v) is 9.36. The number of hydrogen-bond donors (Lipinski definition) is 5. The van der Waals surface area contributed by atoms with E-state index in [-0.39, 0.29) is 30.1 Å². The number of nitrogens with zero attached hydrogens (tertiary/aromatic N) is 5. The number of amides is 4. The number of anilines is 3. The van der Waals surface area contributed by atoms with Crippen LogP contribution in [0.15, 0.2) is 48.4 Å². The molecular formula is C26H23FN10O3. The Bertz CT molecular complexity index is 1700. The Morgan fingerprint density at radius 2 is 2.00 bits per heavy atom. The highest BCUT2D eigenvalue weighted by molar-refractivity contribution is 6.14. The van der Waals surface area contributed by atoms with Gasteiger partial charge in [-0.3, -0.25) is 14.9 Å². The Morgan fingerprint density at radius 3 is 2.70 bits per heavy atom. The van der Waals surface area contributed by atoms with E-state index in [9.17, 15) is 18.8 Å². The van der Waals surface area contributed by atoms with E-state index in [1.807, 2.05) is 0 Å². The third-order valence-electron chi connectivity index (χ3n) is 6.21. The molecule has 0 radical (unpaired) electrons. The number of halogens is 1. The van der Waals surface area contributed by atoms with Crippen molar-refractivity contribution in [1.29, 1.82) is 0 Å². The van der Waals surface area contributed by atoms with Crippen molar-refractivity contribution >= 4 is 47.3 Å². The normalized spacial score (nSPS) is 15.7. The standard InChI is InChI=1S/C26H23FN10O3/c1-13(38)31-21-7-3-15(10-28-21)19-9-17(27)4-2-14(19)11-29-24-34-22-16(8-20-23(39)35-26(40)33-20)12-30-37(22)25(36-24)32-18-5-6-18/h2-4,7-10,12,18H,5-6,11H2,1H3,(H,28,31,38)(H2,29,32,34,36)(H2,33,35,39,40)/b20-8-. The molecule has 0 bridgehead atoms. The lowest BCUT2D eigenvalue weighted by atomic mass is 10.0. The lowest BCUT2D eigenvalue weighted by Gasteiger charge is -2.13. The number of fused-ring (bicyclic) bond motifs is 1. The van der Waals surface area contributed by atoms with Gasteiger partial charge >= 0.3 is 6.03 Å². The van der Waals surface area contributed by atoms with Crippen LogP contribution in [0.2, 0.25) is 0 Å². The summed E-state index contributed by atoms with van der Waals surface area (Å²) in [6, 6.07) is 7.51. The molecule has 202 valence electrons. The zero-order valence-electron chi connectivity index (χ0n) is 21.2. The summed E-state index contributed by atoms with van der Waals surface area (Å²) in [5.41, 5.74) is 3.04. The van der Waals surface area contributed by atoms with Gasteiger partial charge in [0.15, 0.2) is 5.65 Å². The number of rotatable bonds is 8. The largest absolute Gasteiger partial charge is 0.351 e. The summed E-state index contributed by atoms with van der Waals surface area (Å²) in [6.45, 7) is 1.65. The van der Waals surface area contributed by atoms with Gasteiger partial charge in [0.1, 0.15) is 17.3 Å². The predicted molar refractivity (Wildman–Crippen MR) is 143 cm³/mol. The van der Waals surface area contributed by atoms with E-state index in [0.29, 0.717) is 34.1 Å². The van der Waals surface area contributed by atoms with Gasteiger partial charge in [0.25, 0.3) is 5.91 Å². The average molecular weight is 543 g/mol. The Labute approximate surface area is 226 Å². The van der Waals surface area contributed by atoms with Gasteiger partial charge < -0.3 is 21.3 Å². The highest BCUT2D eigenvalue weighted by atomic mass is 19.1. The summed E-state index contributed by atoms with van der Waals surface area (Å²) in [6.07, 6.45) is 6.61. The molecule has 0 atom stereocenters. The molecule has 4 amide bonds. The average Bonchev–Trinajstić information content (AvgIpc) is 3.56. The maximum atomic E-state index is 14.2. The molecular weight excluding hydrogens is 519 g/mol. The number of carbonyl (C=O) groups is 3. The van der Waals surface area contributed by atoms with Gasteiger partial charge in [-0.2, -0.15) is 19.6 Å². The van der Waals surface area contributed by atoms with E-state index in [1.165, 1.54) is 35.8 Å². The number of nitrogens with one attached hydrogen (secondary N) is 5.